The number of methoxy groups -OCH3 is 1. The van der Waals surface area contributed by atoms with Gasteiger partial charge in [0.1, 0.15) is 21.3 Å². The van der Waals surface area contributed by atoms with E-state index in [-0.39, 0.29) is 5.97 Å². The van der Waals surface area contributed by atoms with E-state index in [1.54, 1.807) is 0 Å². The van der Waals surface area contributed by atoms with Crippen LogP contribution >= 0.6 is 11.3 Å². The number of nitrogens with zero attached hydrogens (tertiary/aromatic N) is 2. The van der Waals surface area contributed by atoms with Crippen LogP contribution < -0.4 is 10.6 Å². The van der Waals surface area contributed by atoms with Crippen LogP contribution in [-0.2, 0) is 11.3 Å². The van der Waals surface area contributed by atoms with Gasteiger partial charge >= 0.3 is 5.97 Å². The summed E-state index contributed by atoms with van der Waals surface area (Å²) in [5.41, 5.74) is 0.918. The standard InChI is InChI=1S/C22H32N4O2S/c1-14-18-20(24-16-11-7-4-8-12-16)25-17(13-23-15-9-5-3-6-10-15)26-21(18)29-19(14)22(27)28-2/h15-16,23H,3-13H2,1-2H3,(H,24,25,26). The Morgan fingerprint density at radius 1 is 1.03 bits per heavy atom. The SMILES string of the molecule is COC(=O)c1sc2nc(CNC3CCCCC3)nc(NC3CCCCC3)c2c1C. The molecule has 7 heteroatoms. The largest absolute Gasteiger partial charge is 0.465 e. The van der Waals surface area contributed by atoms with E-state index in [0.29, 0.717) is 23.5 Å². The van der Waals surface area contributed by atoms with Crippen LogP contribution in [0.5, 0.6) is 0 Å². The lowest BCUT2D eigenvalue weighted by Gasteiger charge is -2.24. The van der Waals surface area contributed by atoms with Crippen molar-refractivity contribution >= 4 is 33.3 Å². The predicted octanol–water partition coefficient (Wildman–Crippen LogP) is 4.95. The average Bonchev–Trinajstić information content (AvgIpc) is 3.10. The second kappa shape index (κ2) is 9.39. The molecule has 0 atom stereocenters. The third-order valence-electron chi connectivity index (χ3n) is 6.31. The number of hydrogen-bond donors (Lipinski definition) is 2. The van der Waals surface area contributed by atoms with Gasteiger partial charge in [0.15, 0.2) is 0 Å². The van der Waals surface area contributed by atoms with Gasteiger partial charge in [-0.1, -0.05) is 38.5 Å². The fourth-order valence-corrected chi connectivity index (χ4v) is 5.75. The van der Waals surface area contributed by atoms with Crippen LogP contribution in [0, 0.1) is 6.92 Å². The molecule has 0 amide bonds. The number of thiophene rings is 1. The minimum Gasteiger partial charge on any atom is -0.465 e. The molecular formula is C22H32N4O2S. The van der Waals surface area contributed by atoms with Gasteiger partial charge in [-0.05, 0) is 38.2 Å². The highest BCUT2D eigenvalue weighted by molar-refractivity contribution is 7.20. The van der Waals surface area contributed by atoms with Gasteiger partial charge in [0.05, 0.1) is 19.0 Å². The molecule has 2 aliphatic rings. The normalized spacial score (nSPS) is 18.8. The minimum absolute atomic E-state index is 0.295. The zero-order valence-corrected chi connectivity index (χ0v) is 18.4. The van der Waals surface area contributed by atoms with E-state index >= 15 is 0 Å². The summed E-state index contributed by atoms with van der Waals surface area (Å²) in [6.45, 7) is 2.64. The molecule has 0 aliphatic heterocycles. The van der Waals surface area contributed by atoms with Crippen LogP contribution in [0.1, 0.15) is 85.3 Å². The third kappa shape index (κ3) is 4.72. The van der Waals surface area contributed by atoms with Crippen molar-refractivity contribution in [2.75, 3.05) is 12.4 Å². The van der Waals surface area contributed by atoms with Gasteiger partial charge in [-0.3, -0.25) is 0 Å². The van der Waals surface area contributed by atoms with Gasteiger partial charge in [0.2, 0.25) is 0 Å². The lowest BCUT2D eigenvalue weighted by atomic mass is 9.95. The van der Waals surface area contributed by atoms with Gasteiger partial charge in [-0.15, -0.1) is 11.3 Å². The van der Waals surface area contributed by atoms with Gasteiger partial charge in [0.25, 0.3) is 0 Å². The number of fused-ring (bicyclic) bond motifs is 1. The van der Waals surface area contributed by atoms with Crippen LogP contribution in [-0.4, -0.2) is 35.1 Å². The van der Waals surface area contributed by atoms with Crippen molar-refractivity contribution in [3.8, 4) is 0 Å². The molecular weight excluding hydrogens is 384 g/mol. The Kier molecular flexibility index (Phi) is 6.65. The van der Waals surface area contributed by atoms with Crippen molar-refractivity contribution in [1.82, 2.24) is 15.3 Å². The van der Waals surface area contributed by atoms with E-state index in [2.05, 4.69) is 10.6 Å². The number of carbonyl (C=O) groups is 1. The fourth-order valence-electron chi connectivity index (χ4n) is 4.64. The number of nitrogens with one attached hydrogen (secondary N) is 2. The molecule has 0 aromatic carbocycles. The summed E-state index contributed by atoms with van der Waals surface area (Å²) >= 11 is 1.41. The first kappa shape index (κ1) is 20.5. The maximum atomic E-state index is 12.2. The van der Waals surface area contributed by atoms with E-state index in [4.69, 9.17) is 14.7 Å². The van der Waals surface area contributed by atoms with E-state index in [9.17, 15) is 4.79 Å². The molecule has 0 saturated heterocycles. The monoisotopic (exact) mass is 416 g/mol. The van der Waals surface area contributed by atoms with Gasteiger partial charge < -0.3 is 15.4 Å². The lowest BCUT2D eigenvalue weighted by molar-refractivity contribution is 0.0605. The Balaban J connectivity index is 1.63. The third-order valence-corrected chi connectivity index (χ3v) is 7.47. The van der Waals surface area contributed by atoms with Crippen molar-refractivity contribution in [3.05, 3.63) is 16.3 Å². The number of hydrogen-bond acceptors (Lipinski definition) is 7. The number of aryl methyl sites for hydroxylation is 1. The first-order valence-electron chi connectivity index (χ1n) is 11.0. The summed E-state index contributed by atoms with van der Waals surface area (Å²) in [6, 6.07) is 1.01. The minimum atomic E-state index is -0.295. The molecule has 29 heavy (non-hydrogen) atoms. The van der Waals surface area contributed by atoms with E-state index < -0.39 is 0 Å². The lowest BCUT2D eigenvalue weighted by Crippen LogP contribution is -2.31. The summed E-state index contributed by atoms with van der Waals surface area (Å²) in [5.74, 6) is 1.39. The van der Waals surface area contributed by atoms with E-state index in [1.807, 2.05) is 6.92 Å². The Morgan fingerprint density at radius 2 is 1.69 bits per heavy atom. The molecule has 2 saturated carbocycles. The number of ether oxygens (including phenoxy) is 1. The first-order valence-corrected chi connectivity index (χ1v) is 11.9. The molecule has 0 radical (unpaired) electrons. The highest BCUT2D eigenvalue weighted by atomic mass is 32.1. The number of carbonyl (C=O) groups excluding carboxylic acids is 1. The van der Waals surface area contributed by atoms with Crippen molar-refractivity contribution in [2.24, 2.45) is 0 Å². The van der Waals surface area contributed by atoms with Crippen LogP contribution in [0.4, 0.5) is 5.82 Å². The Hall–Kier alpha value is -1.73. The van der Waals surface area contributed by atoms with Crippen molar-refractivity contribution in [2.45, 2.75) is 89.8 Å². The summed E-state index contributed by atoms with van der Waals surface area (Å²) in [7, 11) is 1.43. The highest BCUT2D eigenvalue weighted by Gasteiger charge is 2.23. The quantitative estimate of drug-likeness (QED) is 0.649. The molecule has 4 rings (SSSR count). The zero-order chi connectivity index (χ0) is 20.2. The number of rotatable bonds is 6. The Bertz CT molecular complexity index is 854. The molecule has 0 spiro atoms. The molecule has 2 fully saturated rings. The van der Waals surface area contributed by atoms with Crippen molar-refractivity contribution in [1.29, 1.82) is 0 Å². The molecule has 0 bridgehead atoms. The van der Waals surface area contributed by atoms with Gasteiger partial charge in [0, 0.05) is 12.1 Å². The number of aromatic nitrogens is 2. The van der Waals surface area contributed by atoms with Crippen molar-refractivity contribution in [3.63, 3.8) is 0 Å². The van der Waals surface area contributed by atoms with Crippen LogP contribution in [0.3, 0.4) is 0 Å². The van der Waals surface area contributed by atoms with E-state index in [0.717, 1.165) is 27.4 Å². The second-order valence-corrected chi connectivity index (χ2v) is 9.41. The Labute approximate surface area is 176 Å². The number of anilines is 1. The zero-order valence-electron chi connectivity index (χ0n) is 17.6. The highest BCUT2D eigenvalue weighted by Crippen LogP contribution is 2.35. The molecule has 0 unspecified atom stereocenters. The average molecular weight is 417 g/mol. The Morgan fingerprint density at radius 3 is 2.34 bits per heavy atom. The van der Waals surface area contributed by atoms with Crippen LogP contribution in [0.25, 0.3) is 10.2 Å². The topological polar surface area (TPSA) is 76.1 Å². The van der Waals surface area contributed by atoms with E-state index in [1.165, 1.54) is 82.7 Å². The summed E-state index contributed by atoms with van der Waals surface area (Å²) in [5, 5.41) is 8.31. The first-order chi connectivity index (χ1) is 14.2. The molecule has 2 heterocycles. The molecule has 2 N–H and O–H groups in total. The maximum absolute atomic E-state index is 12.2. The van der Waals surface area contributed by atoms with Gasteiger partial charge in [-0.2, -0.15) is 0 Å². The van der Waals surface area contributed by atoms with Crippen LogP contribution in [0.15, 0.2) is 0 Å². The summed E-state index contributed by atoms with van der Waals surface area (Å²) in [6.07, 6.45) is 12.6. The fraction of sp³-hybridized carbons (Fsp3) is 0.682. The van der Waals surface area contributed by atoms with Crippen molar-refractivity contribution < 1.29 is 9.53 Å². The second-order valence-electron chi connectivity index (χ2n) is 8.41. The maximum Gasteiger partial charge on any atom is 0.348 e. The molecule has 2 aromatic rings. The van der Waals surface area contributed by atoms with Crippen LogP contribution in [0.2, 0.25) is 0 Å². The molecule has 158 valence electrons. The smallest absolute Gasteiger partial charge is 0.348 e. The van der Waals surface area contributed by atoms with Gasteiger partial charge in [-0.25, -0.2) is 14.8 Å². The summed E-state index contributed by atoms with van der Waals surface area (Å²) < 4.78 is 4.98. The summed E-state index contributed by atoms with van der Waals surface area (Å²) in [4.78, 5) is 23.4. The number of esters is 1. The predicted molar refractivity (Wildman–Crippen MR) is 118 cm³/mol. The molecule has 6 nitrogen and oxygen atoms in total. The molecule has 2 aromatic heterocycles. The molecule has 2 aliphatic carbocycles.